The molecule has 2 unspecified atom stereocenters. The highest BCUT2D eigenvalue weighted by atomic mass is 16.5. The molecule has 1 aliphatic heterocycles. The summed E-state index contributed by atoms with van der Waals surface area (Å²) in [6.45, 7) is 12.2. The number of benzene rings is 2. The van der Waals surface area contributed by atoms with Crippen molar-refractivity contribution in [1.82, 2.24) is 0 Å². The summed E-state index contributed by atoms with van der Waals surface area (Å²) in [6.07, 6.45) is -0.307. The molecule has 2 amide bonds. The van der Waals surface area contributed by atoms with Gasteiger partial charge in [-0.2, -0.15) is 0 Å². The third-order valence-corrected chi connectivity index (χ3v) is 6.78. The van der Waals surface area contributed by atoms with Gasteiger partial charge in [0.2, 0.25) is 0 Å². The minimum atomic E-state index is -0.980. The Hall–Kier alpha value is -3.10. The minimum absolute atomic E-state index is 0.0693. The molecule has 0 spiro atoms. The molecule has 2 aromatic rings. The molecule has 0 bridgehead atoms. The summed E-state index contributed by atoms with van der Waals surface area (Å²) >= 11 is 0. The van der Waals surface area contributed by atoms with E-state index in [2.05, 4.69) is 24.5 Å². The monoisotopic (exact) mass is 526 g/mol. The zero-order valence-corrected chi connectivity index (χ0v) is 23.4. The maximum atomic E-state index is 13.0. The second-order valence-corrected chi connectivity index (χ2v) is 10.9. The smallest absolute Gasteiger partial charge is 0.323 e. The van der Waals surface area contributed by atoms with Crippen molar-refractivity contribution in [3.63, 3.8) is 0 Å². The molecule has 8 heteroatoms. The highest BCUT2D eigenvalue weighted by molar-refractivity contribution is 6.01. The average Bonchev–Trinajstić information content (AvgIpc) is 3.15. The summed E-state index contributed by atoms with van der Waals surface area (Å²) in [5, 5.41) is 26.9. The zero-order valence-electron chi connectivity index (χ0n) is 23.4. The van der Waals surface area contributed by atoms with E-state index in [1.165, 1.54) is 0 Å². The average molecular weight is 527 g/mol. The van der Waals surface area contributed by atoms with Crippen molar-refractivity contribution in [2.45, 2.75) is 97.4 Å². The lowest BCUT2D eigenvalue weighted by molar-refractivity contribution is -0.145. The van der Waals surface area contributed by atoms with Crippen molar-refractivity contribution in [2.75, 3.05) is 17.2 Å². The summed E-state index contributed by atoms with van der Waals surface area (Å²) < 4.78 is 11.3. The number of esters is 1. The van der Waals surface area contributed by atoms with Crippen LogP contribution in [0.4, 0.5) is 16.2 Å². The number of aliphatic hydroxyl groups excluding tert-OH is 2. The number of fused-ring (bicyclic) bond motifs is 1. The third kappa shape index (κ3) is 7.48. The lowest BCUT2D eigenvalue weighted by atomic mass is 9.85. The molecule has 8 nitrogen and oxygen atoms in total. The van der Waals surface area contributed by atoms with Crippen molar-refractivity contribution in [3.05, 3.63) is 52.6 Å². The summed E-state index contributed by atoms with van der Waals surface area (Å²) in [6, 6.07) is 8.95. The molecule has 0 saturated heterocycles. The highest BCUT2D eigenvalue weighted by Gasteiger charge is 2.36. The van der Waals surface area contributed by atoms with Gasteiger partial charge in [-0.3, -0.25) is 4.79 Å². The van der Waals surface area contributed by atoms with Gasteiger partial charge in [0.05, 0.1) is 25.2 Å². The maximum absolute atomic E-state index is 13.0. The lowest BCUT2D eigenvalue weighted by Gasteiger charge is -2.25. The Morgan fingerprint density at radius 3 is 2.42 bits per heavy atom. The number of carbonyl (C=O) groups is 2. The fourth-order valence-corrected chi connectivity index (χ4v) is 5.13. The van der Waals surface area contributed by atoms with Crippen LogP contribution in [0.25, 0.3) is 0 Å². The number of anilines is 2. The molecule has 208 valence electrons. The van der Waals surface area contributed by atoms with Crippen LogP contribution in [0.5, 0.6) is 5.75 Å². The first-order valence-corrected chi connectivity index (χ1v) is 13.4. The van der Waals surface area contributed by atoms with E-state index in [0.29, 0.717) is 24.9 Å². The van der Waals surface area contributed by atoms with Crippen LogP contribution in [0.15, 0.2) is 30.3 Å². The molecular formula is C30H42N2O6. The van der Waals surface area contributed by atoms with Gasteiger partial charge >= 0.3 is 12.0 Å². The Kier molecular flexibility index (Phi) is 9.79. The first kappa shape index (κ1) is 29.5. The lowest BCUT2D eigenvalue weighted by Crippen LogP contribution is -2.25. The van der Waals surface area contributed by atoms with Crippen LogP contribution < -0.4 is 15.4 Å². The van der Waals surface area contributed by atoms with E-state index in [0.717, 1.165) is 33.7 Å². The van der Waals surface area contributed by atoms with Gasteiger partial charge in [0.15, 0.2) is 0 Å². The molecule has 0 radical (unpaired) electrons. The number of amides is 2. The van der Waals surface area contributed by atoms with E-state index in [9.17, 15) is 19.8 Å². The second-order valence-electron chi connectivity index (χ2n) is 10.9. The number of ether oxygens (including phenoxy) is 2. The summed E-state index contributed by atoms with van der Waals surface area (Å²) in [4.78, 5) is 24.7. The molecule has 0 aromatic heterocycles. The third-order valence-electron chi connectivity index (χ3n) is 6.78. The second kappa shape index (κ2) is 12.6. The van der Waals surface area contributed by atoms with Crippen molar-refractivity contribution < 1.29 is 29.3 Å². The van der Waals surface area contributed by atoms with Gasteiger partial charge in [0.1, 0.15) is 11.4 Å². The Morgan fingerprint density at radius 1 is 1.11 bits per heavy atom. The largest absolute Gasteiger partial charge is 0.487 e. The zero-order chi connectivity index (χ0) is 28.0. The molecule has 1 heterocycles. The van der Waals surface area contributed by atoms with Crippen LogP contribution in [0.1, 0.15) is 82.1 Å². The molecular weight excluding hydrogens is 484 g/mol. The summed E-state index contributed by atoms with van der Waals surface area (Å²) in [5.74, 6) is 0.412. The Balaban J connectivity index is 1.88. The van der Waals surface area contributed by atoms with Crippen LogP contribution in [-0.2, 0) is 22.4 Å². The van der Waals surface area contributed by atoms with Crippen molar-refractivity contribution >= 4 is 23.4 Å². The van der Waals surface area contributed by atoms with Gasteiger partial charge in [0.25, 0.3) is 0 Å². The van der Waals surface area contributed by atoms with Gasteiger partial charge in [-0.25, -0.2) is 4.79 Å². The van der Waals surface area contributed by atoms with E-state index in [1.807, 2.05) is 51.1 Å². The fraction of sp³-hybridized carbons (Fsp3) is 0.533. The highest BCUT2D eigenvalue weighted by Crippen LogP contribution is 2.47. The quantitative estimate of drug-likeness (QED) is 0.288. The topological polar surface area (TPSA) is 117 Å². The number of hydrogen-bond acceptors (Lipinski definition) is 6. The minimum Gasteiger partial charge on any atom is -0.487 e. The van der Waals surface area contributed by atoms with Crippen molar-refractivity contribution in [1.29, 1.82) is 0 Å². The van der Waals surface area contributed by atoms with Gasteiger partial charge in [-0.1, -0.05) is 32.0 Å². The van der Waals surface area contributed by atoms with E-state index < -0.39 is 23.8 Å². The van der Waals surface area contributed by atoms with Crippen molar-refractivity contribution in [3.8, 4) is 5.75 Å². The number of hydrogen-bond donors (Lipinski definition) is 4. The Morgan fingerprint density at radius 2 is 1.79 bits per heavy atom. The predicted octanol–water partition coefficient (Wildman–Crippen LogP) is 5.47. The van der Waals surface area contributed by atoms with Gasteiger partial charge in [0, 0.05) is 28.9 Å². The molecule has 38 heavy (non-hydrogen) atoms. The van der Waals surface area contributed by atoms with E-state index in [1.54, 1.807) is 6.92 Å². The molecule has 1 aliphatic rings. The fourth-order valence-electron chi connectivity index (χ4n) is 5.13. The SMILES string of the molecule is CCOC(=O)CC(O)CC(O)CCc1c2c(c(C)c(NC(=O)Nc3ccccc3)c1C(C)C)CC(C)(C)O2. The summed E-state index contributed by atoms with van der Waals surface area (Å²) in [5.41, 5.74) is 5.04. The van der Waals surface area contributed by atoms with Gasteiger partial charge in [-0.15, -0.1) is 0 Å². The molecule has 4 N–H and O–H groups in total. The Labute approximate surface area is 225 Å². The Bertz CT molecular complexity index is 1130. The van der Waals surface area contributed by atoms with Gasteiger partial charge in [-0.05, 0) is 76.1 Å². The molecule has 0 saturated carbocycles. The number of urea groups is 1. The molecule has 3 rings (SSSR count). The number of aliphatic hydroxyl groups is 2. The van der Waals surface area contributed by atoms with E-state index >= 15 is 0 Å². The number of rotatable bonds is 11. The normalized spacial score (nSPS) is 15.4. The van der Waals surface area contributed by atoms with Crippen LogP contribution in [0.2, 0.25) is 0 Å². The number of nitrogens with one attached hydrogen (secondary N) is 2. The van der Waals surface area contributed by atoms with Crippen LogP contribution in [0.3, 0.4) is 0 Å². The standard InChI is InChI=1S/C30H42N2O6/c1-7-37-25(35)16-22(34)15-21(33)13-14-23-26(18(2)3)27(19(4)24-17-30(5,6)38-28(23)24)32-29(36)31-20-11-9-8-10-12-20/h8-12,18,21-22,33-34H,7,13-17H2,1-6H3,(H2,31,32,36). The van der Waals surface area contributed by atoms with E-state index in [4.69, 9.17) is 9.47 Å². The van der Waals surface area contributed by atoms with Crippen LogP contribution in [0, 0.1) is 6.92 Å². The maximum Gasteiger partial charge on any atom is 0.323 e. The molecule has 0 fully saturated rings. The van der Waals surface area contributed by atoms with Gasteiger partial charge < -0.3 is 30.3 Å². The summed E-state index contributed by atoms with van der Waals surface area (Å²) in [7, 11) is 0. The van der Waals surface area contributed by atoms with Crippen LogP contribution in [-0.4, -0.2) is 46.6 Å². The first-order chi connectivity index (χ1) is 17.9. The number of para-hydroxylation sites is 1. The number of carbonyl (C=O) groups excluding carboxylic acids is 2. The molecule has 0 aliphatic carbocycles. The predicted molar refractivity (Wildman–Crippen MR) is 149 cm³/mol. The van der Waals surface area contributed by atoms with Crippen molar-refractivity contribution in [2.24, 2.45) is 0 Å². The van der Waals surface area contributed by atoms with Crippen LogP contribution >= 0.6 is 0 Å². The molecule has 2 atom stereocenters. The molecule has 2 aromatic carbocycles. The van der Waals surface area contributed by atoms with E-state index in [-0.39, 0.29) is 31.4 Å². The first-order valence-electron chi connectivity index (χ1n) is 13.4.